The Bertz CT molecular complexity index is 878. The Balaban J connectivity index is 1.67. The third kappa shape index (κ3) is 3.33. The predicted octanol–water partition coefficient (Wildman–Crippen LogP) is 3.32. The highest BCUT2D eigenvalue weighted by Crippen LogP contribution is 2.40. The Kier molecular flexibility index (Phi) is 4.88. The average Bonchev–Trinajstić information content (AvgIpc) is 3.43. The number of hydrogen-bond acceptors (Lipinski definition) is 6. The molecule has 6 nitrogen and oxygen atoms in total. The first-order chi connectivity index (χ1) is 13.1. The molecule has 1 N–H and O–H groups in total. The summed E-state index contributed by atoms with van der Waals surface area (Å²) in [5.41, 5.74) is 0.109. The number of carbonyl (C=O) groups excluding carboxylic acids is 2. The lowest BCUT2D eigenvalue weighted by molar-refractivity contribution is -0.129. The van der Waals surface area contributed by atoms with Gasteiger partial charge in [0, 0.05) is 13.1 Å². The molecule has 4 rings (SSSR count). The van der Waals surface area contributed by atoms with Gasteiger partial charge in [0.1, 0.15) is 17.6 Å². The van der Waals surface area contributed by atoms with E-state index in [-0.39, 0.29) is 11.4 Å². The van der Waals surface area contributed by atoms with Crippen molar-refractivity contribution in [3.63, 3.8) is 0 Å². The van der Waals surface area contributed by atoms with E-state index in [0.29, 0.717) is 22.9 Å². The number of carbonyl (C=O) groups is 2. The van der Waals surface area contributed by atoms with Gasteiger partial charge in [-0.05, 0) is 56.4 Å². The van der Waals surface area contributed by atoms with Crippen molar-refractivity contribution in [1.29, 1.82) is 0 Å². The zero-order valence-electron chi connectivity index (χ0n) is 15.2. The van der Waals surface area contributed by atoms with Crippen LogP contribution in [-0.2, 0) is 4.79 Å². The van der Waals surface area contributed by atoms with E-state index in [0.717, 1.165) is 19.6 Å². The fourth-order valence-electron chi connectivity index (χ4n) is 3.81. The summed E-state index contributed by atoms with van der Waals surface area (Å²) in [6.07, 6.45) is 2.33. The Morgan fingerprint density at radius 3 is 2.67 bits per heavy atom. The first kappa shape index (κ1) is 18.0. The minimum absolute atomic E-state index is 0.109. The van der Waals surface area contributed by atoms with Crippen molar-refractivity contribution in [2.45, 2.75) is 25.8 Å². The molecule has 142 valence electrons. The zero-order valence-corrected chi connectivity index (χ0v) is 16.0. The molecule has 2 aliphatic rings. The van der Waals surface area contributed by atoms with Gasteiger partial charge in [-0.3, -0.25) is 9.59 Å². The molecule has 0 aromatic carbocycles. The van der Waals surface area contributed by atoms with E-state index in [1.165, 1.54) is 24.2 Å². The zero-order chi connectivity index (χ0) is 19.0. The van der Waals surface area contributed by atoms with Gasteiger partial charge in [0.25, 0.3) is 5.91 Å². The minimum Gasteiger partial charge on any atom is -0.503 e. The van der Waals surface area contributed by atoms with Crippen LogP contribution in [0.15, 0.2) is 45.4 Å². The molecule has 0 bridgehead atoms. The molecule has 27 heavy (non-hydrogen) atoms. The van der Waals surface area contributed by atoms with Crippen LogP contribution in [0, 0.1) is 6.92 Å². The van der Waals surface area contributed by atoms with Crippen molar-refractivity contribution in [1.82, 2.24) is 9.80 Å². The number of ketones is 1. The van der Waals surface area contributed by atoms with E-state index < -0.39 is 17.7 Å². The minimum atomic E-state index is -0.691. The van der Waals surface area contributed by atoms with Crippen LogP contribution in [-0.4, -0.2) is 52.8 Å². The number of Topliss-reactive ketones (excluding diaryl/α,β-unsaturated/α-hetero) is 1. The number of furan rings is 1. The van der Waals surface area contributed by atoms with Crippen molar-refractivity contribution in [3.8, 4) is 0 Å². The maximum absolute atomic E-state index is 13.0. The summed E-state index contributed by atoms with van der Waals surface area (Å²) in [5.74, 6) is -0.0851. The number of amides is 1. The lowest BCUT2D eigenvalue weighted by Gasteiger charge is -2.27. The summed E-state index contributed by atoms with van der Waals surface area (Å²) in [6.45, 7) is 5.02. The molecule has 1 fully saturated rings. The lowest BCUT2D eigenvalue weighted by atomic mass is 10.0. The van der Waals surface area contributed by atoms with Crippen LogP contribution in [0.3, 0.4) is 0 Å². The van der Waals surface area contributed by atoms with Crippen LogP contribution in [0.2, 0.25) is 0 Å². The van der Waals surface area contributed by atoms with Crippen LogP contribution in [0.25, 0.3) is 0 Å². The number of aliphatic hydroxyl groups excluding tert-OH is 1. The Morgan fingerprint density at radius 2 is 2.04 bits per heavy atom. The van der Waals surface area contributed by atoms with Gasteiger partial charge >= 0.3 is 0 Å². The van der Waals surface area contributed by atoms with Crippen LogP contribution < -0.4 is 0 Å². The highest BCUT2D eigenvalue weighted by molar-refractivity contribution is 7.12. The fourth-order valence-corrected chi connectivity index (χ4v) is 4.49. The van der Waals surface area contributed by atoms with Gasteiger partial charge in [0.2, 0.25) is 5.78 Å². The summed E-state index contributed by atoms with van der Waals surface area (Å²) in [4.78, 5) is 30.2. The van der Waals surface area contributed by atoms with Gasteiger partial charge in [-0.25, -0.2) is 0 Å². The monoisotopic (exact) mass is 386 g/mol. The predicted molar refractivity (Wildman–Crippen MR) is 102 cm³/mol. The molecule has 0 radical (unpaired) electrons. The van der Waals surface area contributed by atoms with Gasteiger partial charge < -0.3 is 19.3 Å². The second-order valence-electron chi connectivity index (χ2n) is 6.97. The molecule has 1 unspecified atom stereocenters. The van der Waals surface area contributed by atoms with Crippen molar-refractivity contribution < 1.29 is 19.1 Å². The number of likely N-dealkylation sites (tertiary alicyclic amines) is 1. The van der Waals surface area contributed by atoms with Gasteiger partial charge in [-0.1, -0.05) is 6.07 Å². The molecule has 1 amide bonds. The summed E-state index contributed by atoms with van der Waals surface area (Å²) >= 11 is 1.30. The maximum Gasteiger partial charge on any atom is 0.290 e. The van der Waals surface area contributed by atoms with E-state index in [4.69, 9.17) is 4.42 Å². The summed E-state index contributed by atoms with van der Waals surface area (Å²) in [5, 5.41) is 12.3. The van der Waals surface area contributed by atoms with Gasteiger partial charge in [0.05, 0.1) is 10.5 Å². The Morgan fingerprint density at radius 1 is 1.26 bits per heavy atom. The molecule has 0 saturated carbocycles. The van der Waals surface area contributed by atoms with Crippen LogP contribution in [0.5, 0.6) is 0 Å². The highest BCUT2D eigenvalue weighted by Gasteiger charge is 2.45. The summed E-state index contributed by atoms with van der Waals surface area (Å²) < 4.78 is 5.76. The smallest absolute Gasteiger partial charge is 0.290 e. The first-order valence-corrected chi connectivity index (χ1v) is 10.0. The van der Waals surface area contributed by atoms with Crippen LogP contribution in [0.4, 0.5) is 0 Å². The van der Waals surface area contributed by atoms with Gasteiger partial charge in [0.15, 0.2) is 5.76 Å². The molecule has 2 aromatic rings. The van der Waals surface area contributed by atoms with E-state index in [9.17, 15) is 14.7 Å². The number of nitrogens with zero attached hydrogens (tertiary/aromatic N) is 2. The third-order valence-electron chi connectivity index (χ3n) is 5.18. The lowest BCUT2D eigenvalue weighted by Crippen LogP contribution is -2.37. The van der Waals surface area contributed by atoms with E-state index >= 15 is 0 Å². The van der Waals surface area contributed by atoms with Gasteiger partial charge in [-0.15, -0.1) is 11.3 Å². The molecule has 0 spiro atoms. The standard InChI is InChI=1S/C20H22N2O4S/c1-13-6-7-14(26-13)17-16(18(23)15-5-4-12-27-15)19(24)20(25)22(17)11-10-21-8-2-3-9-21/h4-7,12,17,24H,2-3,8-11H2,1H3. The maximum atomic E-state index is 13.0. The molecule has 2 aromatic heterocycles. The van der Waals surface area contributed by atoms with Crippen LogP contribution >= 0.6 is 11.3 Å². The first-order valence-electron chi connectivity index (χ1n) is 9.17. The topological polar surface area (TPSA) is 74.0 Å². The van der Waals surface area contributed by atoms with E-state index in [1.807, 2.05) is 6.92 Å². The molecular weight excluding hydrogens is 364 g/mol. The van der Waals surface area contributed by atoms with Crippen molar-refractivity contribution in [2.75, 3.05) is 26.2 Å². The summed E-state index contributed by atoms with van der Waals surface area (Å²) in [7, 11) is 0. The highest BCUT2D eigenvalue weighted by atomic mass is 32.1. The van der Waals surface area contributed by atoms with E-state index in [1.54, 1.807) is 34.5 Å². The van der Waals surface area contributed by atoms with Crippen LogP contribution in [0.1, 0.15) is 40.1 Å². The number of thiophene rings is 1. The van der Waals surface area contributed by atoms with Gasteiger partial charge in [-0.2, -0.15) is 0 Å². The van der Waals surface area contributed by atoms with E-state index in [2.05, 4.69) is 4.90 Å². The van der Waals surface area contributed by atoms with Crippen molar-refractivity contribution in [3.05, 3.63) is 57.4 Å². The number of aryl methyl sites for hydroxylation is 1. The normalized spacial score (nSPS) is 20.9. The quantitative estimate of drug-likeness (QED) is 0.771. The Hall–Kier alpha value is -2.38. The van der Waals surface area contributed by atoms with Crippen molar-refractivity contribution in [2.24, 2.45) is 0 Å². The average molecular weight is 386 g/mol. The van der Waals surface area contributed by atoms with Crippen molar-refractivity contribution >= 4 is 23.0 Å². The third-order valence-corrected chi connectivity index (χ3v) is 6.05. The number of aliphatic hydroxyl groups is 1. The molecule has 0 aliphatic carbocycles. The molecule has 1 atom stereocenters. The molecule has 7 heteroatoms. The molecular formula is C20H22N2O4S. The second kappa shape index (κ2) is 7.32. The molecule has 2 aliphatic heterocycles. The number of hydrogen-bond donors (Lipinski definition) is 1. The largest absolute Gasteiger partial charge is 0.503 e. The molecule has 4 heterocycles. The summed E-state index contributed by atoms with van der Waals surface area (Å²) in [6, 6.07) is 6.37. The Labute approximate surface area is 161 Å². The molecule has 1 saturated heterocycles. The number of rotatable bonds is 6. The second-order valence-corrected chi connectivity index (χ2v) is 7.91. The fraction of sp³-hybridized carbons (Fsp3) is 0.400. The SMILES string of the molecule is Cc1ccc(C2C(C(=O)c3cccs3)=C(O)C(=O)N2CCN2CCCC2)o1.